The molecule has 2 fully saturated rings. The van der Waals surface area contributed by atoms with Crippen LogP contribution in [0.4, 0.5) is 5.82 Å². The fourth-order valence-electron chi connectivity index (χ4n) is 4.51. The van der Waals surface area contributed by atoms with E-state index in [0.29, 0.717) is 50.0 Å². The lowest BCUT2D eigenvalue weighted by Crippen LogP contribution is -2.41. The lowest BCUT2D eigenvalue weighted by molar-refractivity contribution is 0.0595. The number of rotatable bonds is 6. The molecule has 7 nitrogen and oxygen atoms in total. The molecule has 1 saturated heterocycles. The highest BCUT2D eigenvalue weighted by Crippen LogP contribution is 2.39. The van der Waals surface area contributed by atoms with Gasteiger partial charge in [-0.3, -0.25) is 4.79 Å². The Morgan fingerprint density at radius 1 is 1.21 bits per heavy atom. The van der Waals surface area contributed by atoms with E-state index in [1.54, 1.807) is 4.90 Å². The molecule has 0 bridgehead atoms. The summed E-state index contributed by atoms with van der Waals surface area (Å²) < 4.78 is 11.2. The predicted octanol–water partition coefficient (Wildman–Crippen LogP) is 2.80. The predicted molar refractivity (Wildman–Crippen MR) is 110 cm³/mol. The number of nitrogens with zero attached hydrogens (tertiary/aromatic N) is 3. The average Bonchev–Trinajstić information content (AvgIpc) is 3.42. The van der Waals surface area contributed by atoms with Gasteiger partial charge in [0.2, 0.25) is 0 Å². The topological polar surface area (TPSA) is 79.0 Å². The van der Waals surface area contributed by atoms with E-state index < -0.39 is 0 Å². The Bertz CT molecular complexity index is 824. The number of aliphatic hydroxyl groups excluding tert-OH is 1. The van der Waals surface area contributed by atoms with Gasteiger partial charge in [-0.1, -0.05) is 48.3 Å². The Hall–Kier alpha value is -2.38. The molecular formula is C22H29N3O4. The van der Waals surface area contributed by atoms with E-state index in [1.807, 2.05) is 37.4 Å². The minimum atomic E-state index is -0.201. The normalized spacial score (nSPS) is 18.8. The maximum Gasteiger partial charge on any atom is 0.261 e. The van der Waals surface area contributed by atoms with Crippen molar-refractivity contribution in [1.82, 2.24) is 10.1 Å². The molecule has 2 aliphatic rings. The third kappa shape index (κ3) is 4.02. The zero-order valence-electron chi connectivity index (χ0n) is 17.0. The highest BCUT2D eigenvalue weighted by molar-refractivity contribution is 6.04. The van der Waals surface area contributed by atoms with Gasteiger partial charge >= 0.3 is 0 Å². The van der Waals surface area contributed by atoms with Crippen LogP contribution >= 0.6 is 0 Å². The number of benzene rings is 1. The van der Waals surface area contributed by atoms with Crippen molar-refractivity contribution in [3.8, 4) is 11.3 Å². The summed E-state index contributed by atoms with van der Waals surface area (Å²) in [5.74, 6) is 0.952. The van der Waals surface area contributed by atoms with Crippen molar-refractivity contribution < 1.29 is 19.2 Å². The number of hydrogen-bond acceptors (Lipinski definition) is 6. The summed E-state index contributed by atoms with van der Waals surface area (Å²) in [5.41, 5.74) is 1.12. The van der Waals surface area contributed by atoms with Gasteiger partial charge < -0.3 is 24.2 Å². The zero-order valence-corrected chi connectivity index (χ0v) is 17.0. The van der Waals surface area contributed by atoms with Crippen molar-refractivity contribution >= 4 is 11.7 Å². The van der Waals surface area contributed by atoms with Gasteiger partial charge in [0, 0.05) is 37.7 Å². The van der Waals surface area contributed by atoms with Crippen molar-refractivity contribution in [3.63, 3.8) is 0 Å². The molecule has 4 rings (SSSR count). The number of amides is 1. The number of aromatic nitrogens is 1. The summed E-state index contributed by atoms with van der Waals surface area (Å²) in [6, 6.07) is 9.62. The molecule has 1 N–H and O–H groups in total. The zero-order chi connectivity index (χ0) is 20.3. The molecular weight excluding hydrogens is 370 g/mol. The Kier molecular flexibility index (Phi) is 5.87. The SMILES string of the molecule is CN(CC1(CO)CCCC1)C(=O)c1c(N2CCOCC2)noc1-c1ccccc1. The van der Waals surface area contributed by atoms with Gasteiger partial charge in [0.1, 0.15) is 5.56 Å². The van der Waals surface area contributed by atoms with Crippen molar-refractivity contribution in [1.29, 1.82) is 0 Å². The van der Waals surface area contributed by atoms with Crippen LogP contribution in [0.1, 0.15) is 36.0 Å². The molecule has 2 aromatic rings. The fraction of sp³-hybridized carbons (Fsp3) is 0.545. The minimum Gasteiger partial charge on any atom is -0.396 e. The first kappa shape index (κ1) is 19.9. The lowest BCUT2D eigenvalue weighted by Gasteiger charge is -2.32. The quantitative estimate of drug-likeness (QED) is 0.805. The number of anilines is 1. The van der Waals surface area contributed by atoms with Crippen LogP contribution in [0.25, 0.3) is 11.3 Å². The molecule has 0 unspecified atom stereocenters. The molecule has 1 aliphatic heterocycles. The van der Waals surface area contributed by atoms with Crippen LogP contribution in [-0.2, 0) is 4.74 Å². The number of morpholine rings is 1. The molecule has 1 aliphatic carbocycles. The van der Waals surface area contributed by atoms with E-state index in [9.17, 15) is 9.90 Å². The first-order chi connectivity index (χ1) is 14.1. The second kappa shape index (κ2) is 8.55. The maximum atomic E-state index is 13.6. The smallest absolute Gasteiger partial charge is 0.261 e. The molecule has 0 atom stereocenters. The molecule has 2 heterocycles. The minimum absolute atomic E-state index is 0.107. The van der Waals surface area contributed by atoms with Crippen LogP contribution in [0.2, 0.25) is 0 Å². The number of hydrogen-bond donors (Lipinski definition) is 1. The van der Waals surface area contributed by atoms with Gasteiger partial charge in [0.25, 0.3) is 5.91 Å². The van der Waals surface area contributed by atoms with Crippen molar-refractivity contribution in [2.24, 2.45) is 5.41 Å². The van der Waals surface area contributed by atoms with Crippen LogP contribution in [0.3, 0.4) is 0 Å². The van der Waals surface area contributed by atoms with E-state index in [1.165, 1.54) is 0 Å². The summed E-state index contributed by atoms with van der Waals surface area (Å²) >= 11 is 0. The first-order valence-corrected chi connectivity index (χ1v) is 10.4. The molecule has 1 amide bonds. The Morgan fingerprint density at radius 3 is 2.55 bits per heavy atom. The molecule has 7 heteroatoms. The highest BCUT2D eigenvalue weighted by atomic mass is 16.5. The summed E-state index contributed by atoms with van der Waals surface area (Å²) in [5, 5.41) is 14.3. The van der Waals surface area contributed by atoms with E-state index in [-0.39, 0.29) is 17.9 Å². The van der Waals surface area contributed by atoms with Crippen molar-refractivity contribution in [3.05, 3.63) is 35.9 Å². The molecule has 0 radical (unpaired) electrons. The molecule has 156 valence electrons. The molecule has 0 spiro atoms. The third-order valence-electron chi connectivity index (χ3n) is 6.15. The van der Waals surface area contributed by atoms with Gasteiger partial charge in [0.05, 0.1) is 19.8 Å². The third-order valence-corrected chi connectivity index (χ3v) is 6.15. The van der Waals surface area contributed by atoms with Gasteiger partial charge in [-0.25, -0.2) is 0 Å². The van der Waals surface area contributed by atoms with E-state index in [4.69, 9.17) is 9.26 Å². The number of aliphatic hydroxyl groups is 1. The molecule has 1 aromatic carbocycles. The van der Waals surface area contributed by atoms with E-state index >= 15 is 0 Å². The van der Waals surface area contributed by atoms with E-state index in [0.717, 1.165) is 31.2 Å². The number of carbonyl (C=O) groups is 1. The summed E-state index contributed by atoms with van der Waals surface area (Å²) in [4.78, 5) is 17.4. The van der Waals surface area contributed by atoms with Gasteiger partial charge in [-0.2, -0.15) is 0 Å². The van der Waals surface area contributed by atoms with Crippen molar-refractivity contribution in [2.45, 2.75) is 25.7 Å². The van der Waals surface area contributed by atoms with Crippen LogP contribution in [0, 0.1) is 5.41 Å². The standard InChI is InChI=1S/C22H29N3O4/c1-24(15-22(16-26)9-5-6-10-22)21(27)18-19(17-7-3-2-4-8-17)29-23-20(18)25-11-13-28-14-12-25/h2-4,7-8,26H,5-6,9-16H2,1H3. The van der Waals surface area contributed by atoms with Gasteiger partial charge in [-0.15, -0.1) is 0 Å². The molecule has 1 aromatic heterocycles. The van der Waals surface area contributed by atoms with Gasteiger partial charge in [0.15, 0.2) is 11.6 Å². The van der Waals surface area contributed by atoms with Gasteiger partial charge in [-0.05, 0) is 12.8 Å². The Balaban J connectivity index is 1.67. The van der Waals surface area contributed by atoms with Crippen LogP contribution in [0.15, 0.2) is 34.9 Å². The summed E-state index contributed by atoms with van der Waals surface area (Å²) in [6.07, 6.45) is 4.10. The first-order valence-electron chi connectivity index (χ1n) is 10.4. The summed E-state index contributed by atoms with van der Waals surface area (Å²) in [6.45, 7) is 3.19. The lowest BCUT2D eigenvalue weighted by atomic mass is 9.86. The van der Waals surface area contributed by atoms with Crippen LogP contribution < -0.4 is 4.90 Å². The largest absolute Gasteiger partial charge is 0.396 e. The highest BCUT2D eigenvalue weighted by Gasteiger charge is 2.37. The molecule has 1 saturated carbocycles. The Morgan fingerprint density at radius 2 is 1.90 bits per heavy atom. The maximum absolute atomic E-state index is 13.6. The Labute approximate surface area is 171 Å². The second-order valence-electron chi connectivity index (χ2n) is 8.20. The molecule has 29 heavy (non-hydrogen) atoms. The van der Waals surface area contributed by atoms with Crippen LogP contribution in [0.5, 0.6) is 0 Å². The van der Waals surface area contributed by atoms with Crippen molar-refractivity contribution in [2.75, 3.05) is 51.4 Å². The monoisotopic (exact) mass is 399 g/mol. The fourth-order valence-corrected chi connectivity index (χ4v) is 4.51. The summed E-state index contributed by atoms with van der Waals surface area (Å²) in [7, 11) is 1.81. The van der Waals surface area contributed by atoms with E-state index in [2.05, 4.69) is 10.1 Å². The number of carbonyl (C=O) groups excluding carboxylic acids is 1. The number of ether oxygens (including phenoxy) is 1. The average molecular weight is 399 g/mol. The van der Waals surface area contributed by atoms with Crippen LogP contribution in [-0.4, -0.2) is 67.6 Å². The second-order valence-corrected chi connectivity index (χ2v) is 8.20.